The normalized spacial score (nSPS) is 16.9. The van der Waals surface area contributed by atoms with Crippen LogP contribution in [0.1, 0.15) is 23.7 Å². The molecule has 1 aliphatic heterocycles. The zero-order valence-corrected chi connectivity index (χ0v) is 15.2. The molecule has 1 aliphatic rings. The Bertz CT molecular complexity index is 891. The first-order valence-corrected chi connectivity index (χ1v) is 9.42. The lowest BCUT2D eigenvalue weighted by Gasteiger charge is -2.24. The highest BCUT2D eigenvalue weighted by atomic mass is 16.2. The van der Waals surface area contributed by atoms with Crippen molar-refractivity contribution in [1.29, 1.82) is 0 Å². The van der Waals surface area contributed by atoms with Gasteiger partial charge in [0.15, 0.2) is 0 Å². The van der Waals surface area contributed by atoms with Gasteiger partial charge in [0.1, 0.15) is 0 Å². The molecule has 1 aromatic heterocycles. The van der Waals surface area contributed by atoms with Crippen LogP contribution in [-0.4, -0.2) is 42.0 Å². The predicted molar refractivity (Wildman–Crippen MR) is 106 cm³/mol. The molecule has 134 valence electrons. The fourth-order valence-corrected chi connectivity index (χ4v) is 3.76. The summed E-state index contributed by atoms with van der Waals surface area (Å²) < 4.78 is 0. The average molecular weight is 347 g/mol. The maximum atomic E-state index is 12.9. The van der Waals surface area contributed by atoms with E-state index in [-0.39, 0.29) is 5.91 Å². The van der Waals surface area contributed by atoms with Crippen molar-refractivity contribution in [2.75, 3.05) is 26.2 Å². The lowest BCUT2D eigenvalue weighted by Crippen LogP contribution is -2.35. The number of aromatic nitrogens is 1. The average Bonchev–Trinajstić information content (AvgIpc) is 3.36. The van der Waals surface area contributed by atoms with Crippen molar-refractivity contribution >= 4 is 16.8 Å². The van der Waals surface area contributed by atoms with Crippen molar-refractivity contribution in [3.63, 3.8) is 0 Å². The van der Waals surface area contributed by atoms with Crippen molar-refractivity contribution in [1.82, 2.24) is 15.2 Å². The minimum Gasteiger partial charge on any atom is -0.361 e. The third-order valence-electron chi connectivity index (χ3n) is 5.33. The molecular formula is C22H25N3O. The third-order valence-corrected chi connectivity index (χ3v) is 5.33. The number of fused-ring (bicyclic) bond motifs is 1. The van der Waals surface area contributed by atoms with Gasteiger partial charge in [-0.1, -0.05) is 18.2 Å². The molecule has 0 saturated carbocycles. The number of hydrogen-bond acceptors (Lipinski definition) is 2. The number of carbonyl (C=O) groups is 1. The zero-order valence-electron chi connectivity index (χ0n) is 15.2. The van der Waals surface area contributed by atoms with Gasteiger partial charge in [-0.25, -0.2) is 0 Å². The van der Waals surface area contributed by atoms with Crippen molar-refractivity contribution in [3.05, 3.63) is 60.3 Å². The van der Waals surface area contributed by atoms with E-state index in [2.05, 4.69) is 41.5 Å². The summed E-state index contributed by atoms with van der Waals surface area (Å²) in [6, 6.07) is 16.5. The molecule has 1 atom stereocenters. The van der Waals surface area contributed by atoms with Gasteiger partial charge in [0.2, 0.25) is 0 Å². The summed E-state index contributed by atoms with van der Waals surface area (Å²) in [5, 5.41) is 4.58. The number of benzene rings is 2. The van der Waals surface area contributed by atoms with Gasteiger partial charge in [-0.2, -0.15) is 0 Å². The molecule has 0 spiro atoms. The molecule has 1 amide bonds. The number of nitrogens with one attached hydrogen (secondary N) is 2. The Kier molecular flexibility index (Phi) is 4.76. The monoisotopic (exact) mass is 347 g/mol. The molecule has 4 heteroatoms. The Morgan fingerprint density at radius 3 is 2.65 bits per heavy atom. The first kappa shape index (κ1) is 16.9. The lowest BCUT2D eigenvalue weighted by molar-refractivity contribution is 0.0742. The van der Waals surface area contributed by atoms with Crippen LogP contribution in [0.5, 0.6) is 0 Å². The lowest BCUT2D eigenvalue weighted by atomic mass is 10.0. The second-order valence-electron chi connectivity index (χ2n) is 7.06. The van der Waals surface area contributed by atoms with Crippen LogP contribution in [0.15, 0.2) is 54.7 Å². The number of nitrogens with zero attached hydrogens (tertiary/aromatic N) is 1. The predicted octanol–water partition coefficient (Wildman–Crippen LogP) is 3.91. The van der Waals surface area contributed by atoms with Crippen LogP contribution in [-0.2, 0) is 0 Å². The van der Waals surface area contributed by atoms with E-state index in [0.717, 1.165) is 49.2 Å². The van der Waals surface area contributed by atoms with E-state index in [1.165, 1.54) is 10.9 Å². The molecule has 4 nitrogen and oxygen atoms in total. The molecule has 1 fully saturated rings. The molecule has 26 heavy (non-hydrogen) atoms. The topological polar surface area (TPSA) is 48.1 Å². The summed E-state index contributed by atoms with van der Waals surface area (Å²) in [6.07, 6.45) is 3.11. The number of H-pyrrole nitrogens is 1. The largest absolute Gasteiger partial charge is 0.361 e. The first-order valence-electron chi connectivity index (χ1n) is 9.42. The van der Waals surface area contributed by atoms with E-state index in [1.807, 2.05) is 35.4 Å². The molecule has 1 saturated heterocycles. The van der Waals surface area contributed by atoms with Gasteiger partial charge in [-0.15, -0.1) is 0 Å². The molecule has 0 bridgehead atoms. The molecule has 0 radical (unpaired) electrons. The first-order chi connectivity index (χ1) is 12.7. The fraction of sp³-hybridized carbons (Fsp3) is 0.318. The smallest absolute Gasteiger partial charge is 0.253 e. The Morgan fingerprint density at radius 2 is 1.92 bits per heavy atom. The van der Waals surface area contributed by atoms with Gasteiger partial charge in [0.25, 0.3) is 5.91 Å². The standard InChI is InChI=1S/C22H25N3O/c1-2-25(15-16-9-11-23-14-16)22(26)18-5-3-17(4-6-18)19-7-8-21-20(13-19)10-12-24-21/h3-8,10,12-13,16,23-24H,2,9,11,14-15H2,1H3. The quantitative estimate of drug-likeness (QED) is 0.735. The van der Waals surface area contributed by atoms with E-state index in [1.54, 1.807) is 0 Å². The SMILES string of the molecule is CCN(CC1CCNC1)C(=O)c1ccc(-c2ccc3[nH]ccc3c2)cc1. The van der Waals surface area contributed by atoms with Gasteiger partial charge in [0, 0.05) is 30.4 Å². The Balaban J connectivity index is 1.51. The van der Waals surface area contributed by atoms with Crippen LogP contribution in [0.2, 0.25) is 0 Å². The van der Waals surface area contributed by atoms with Crippen molar-refractivity contribution < 1.29 is 4.79 Å². The van der Waals surface area contributed by atoms with E-state index in [4.69, 9.17) is 0 Å². The molecule has 0 aliphatic carbocycles. The van der Waals surface area contributed by atoms with Crippen molar-refractivity contribution in [2.24, 2.45) is 5.92 Å². The zero-order chi connectivity index (χ0) is 17.9. The maximum Gasteiger partial charge on any atom is 0.253 e. The Morgan fingerprint density at radius 1 is 1.12 bits per heavy atom. The van der Waals surface area contributed by atoms with E-state index < -0.39 is 0 Å². The third kappa shape index (κ3) is 3.37. The minimum absolute atomic E-state index is 0.132. The Hall–Kier alpha value is -2.59. The fourth-order valence-electron chi connectivity index (χ4n) is 3.76. The van der Waals surface area contributed by atoms with Crippen molar-refractivity contribution in [3.8, 4) is 11.1 Å². The number of carbonyl (C=O) groups excluding carboxylic acids is 1. The summed E-state index contributed by atoms with van der Waals surface area (Å²) >= 11 is 0. The van der Waals surface area contributed by atoms with Crippen LogP contribution >= 0.6 is 0 Å². The Labute approximate surface area is 154 Å². The second kappa shape index (κ2) is 7.34. The van der Waals surface area contributed by atoms with Crippen LogP contribution in [0.4, 0.5) is 0 Å². The molecule has 2 N–H and O–H groups in total. The molecule has 3 aromatic rings. The van der Waals surface area contributed by atoms with Crippen LogP contribution in [0, 0.1) is 5.92 Å². The van der Waals surface area contributed by atoms with Crippen LogP contribution in [0.3, 0.4) is 0 Å². The summed E-state index contributed by atoms with van der Waals surface area (Å²) in [7, 11) is 0. The minimum atomic E-state index is 0.132. The number of amides is 1. The van der Waals surface area contributed by atoms with Crippen LogP contribution < -0.4 is 5.32 Å². The summed E-state index contributed by atoms with van der Waals surface area (Å²) in [5.74, 6) is 0.707. The van der Waals surface area contributed by atoms with Gasteiger partial charge >= 0.3 is 0 Å². The van der Waals surface area contributed by atoms with E-state index in [0.29, 0.717) is 5.92 Å². The number of rotatable bonds is 5. The number of hydrogen-bond donors (Lipinski definition) is 2. The van der Waals surface area contributed by atoms with Gasteiger partial charge in [-0.05, 0) is 79.2 Å². The second-order valence-corrected chi connectivity index (χ2v) is 7.06. The molecule has 1 unspecified atom stereocenters. The van der Waals surface area contributed by atoms with E-state index >= 15 is 0 Å². The highest BCUT2D eigenvalue weighted by Gasteiger charge is 2.21. The molecule has 2 heterocycles. The summed E-state index contributed by atoms with van der Waals surface area (Å²) in [5.41, 5.74) is 4.21. The number of aromatic amines is 1. The van der Waals surface area contributed by atoms with Gasteiger partial charge < -0.3 is 15.2 Å². The molecular weight excluding hydrogens is 322 g/mol. The highest BCUT2D eigenvalue weighted by Crippen LogP contribution is 2.24. The van der Waals surface area contributed by atoms with Crippen LogP contribution in [0.25, 0.3) is 22.0 Å². The highest BCUT2D eigenvalue weighted by molar-refractivity contribution is 5.95. The summed E-state index contributed by atoms with van der Waals surface area (Å²) in [4.78, 5) is 18.0. The molecule has 4 rings (SSSR count). The molecule has 2 aromatic carbocycles. The van der Waals surface area contributed by atoms with Gasteiger partial charge in [-0.3, -0.25) is 4.79 Å². The maximum absolute atomic E-state index is 12.9. The van der Waals surface area contributed by atoms with E-state index in [9.17, 15) is 4.79 Å². The van der Waals surface area contributed by atoms with Gasteiger partial charge in [0.05, 0.1) is 0 Å². The van der Waals surface area contributed by atoms with Crippen molar-refractivity contribution in [2.45, 2.75) is 13.3 Å². The summed E-state index contributed by atoms with van der Waals surface area (Å²) in [6.45, 7) is 5.73.